The third kappa shape index (κ3) is 3.70. The molecule has 1 N–H and O–H groups in total. The predicted octanol–water partition coefficient (Wildman–Crippen LogP) is 4.44. The smallest absolute Gasteiger partial charge is 0.293 e. The lowest BCUT2D eigenvalue weighted by Gasteiger charge is -2.29. The van der Waals surface area contributed by atoms with E-state index in [4.69, 9.17) is 4.42 Å². The van der Waals surface area contributed by atoms with Crippen molar-refractivity contribution in [3.8, 4) is 0 Å². The second-order valence-corrected chi connectivity index (χ2v) is 9.04. The number of benzene rings is 2. The van der Waals surface area contributed by atoms with E-state index < -0.39 is 10.0 Å². The number of halogens is 1. The summed E-state index contributed by atoms with van der Waals surface area (Å²) in [4.78, 5) is 14.6. The van der Waals surface area contributed by atoms with Gasteiger partial charge in [0.2, 0.25) is 0 Å². The van der Waals surface area contributed by atoms with Crippen LogP contribution >= 0.6 is 15.9 Å². The fourth-order valence-corrected chi connectivity index (χ4v) is 4.52. The first-order chi connectivity index (χ1) is 13.4. The van der Waals surface area contributed by atoms with Crippen molar-refractivity contribution in [1.29, 1.82) is 0 Å². The van der Waals surface area contributed by atoms with Crippen molar-refractivity contribution in [1.82, 2.24) is 0 Å². The summed E-state index contributed by atoms with van der Waals surface area (Å²) in [7, 11) is -3.73. The van der Waals surface area contributed by atoms with E-state index in [2.05, 4.69) is 20.7 Å². The maximum Gasteiger partial charge on any atom is 0.293 e. The molecule has 1 aromatic heterocycles. The summed E-state index contributed by atoms with van der Waals surface area (Å²) < 4.78 is 33.9. The summed E-state index contributed by atoms with van der Waals surface area (Å²) in [5, 5.41) is 0. The van der Waals surface area contributed by atoms with Gasteiger partial charge in [-0.25, -0.2) is 8.42 Å². The van der Waals surface area contributed by atoms with E-state index in [1.165, 1.54) is 18.4 Å². The third-order valence-electron chi connectivity index (χ3n) is 4.56. The average Bonchev–Trinajstić information content (AvgIpc) is 3.22. The summed E-state index contributed by atoms with van der Waals surface area (Å²) in [5.41, 5.74) is 2.10. The van der Waals surface area contributed by atoms with Crippen molar-refractivity contribution in [2.45, 2.75) is 17.7 Å². The minimum absolute atomic E-state index is 0.164. The van der Waals surface area contributed by atoms with Gasteiger partial charge in [0.25, 0.3) is 15.9 Å². The number of nitrogens with one attached hydrogen (secondary N) is 1. The Bertz CT molecular complexity index is 1110. The highest BCUT2D eigenvalue weighted by molar-refractivity contribution is 9.10. The molecule has 0 fully saturated rings. The zero-order chi connectivity index (χ0) is 19.7. The number of amides is 1. The molecule has 0 spiro atoms. The van der Waals surface area contributed by atoms with E-state index in [0.717, 1.165) is 22.9 Å². The van der Waals surface area contributed by atoms with E-state index in [1.807, 2.05) is 6.07 Å². The molecule has 1 amide bonds. The summed E-state index contributed by atoms with van der Waals surface area (Å²) in [6, 6.07) is 15.0. The molecule has 6 nitrogen and oxygen atoms in total. The first-order valence-electron chi connectivity index (χ1n) is 8.71. The minimum Gasteiger partial charge on any atom is -0.459 e. The number of hydrogen-bond acceptors (Lipinski definition) is 4. The van der Waals surface area contributed by atoms with Gasteiger partial charge in [-0.3, -0.25) is 9.52 Å². The molecular weight excluding hydrogens is 444 g/mol. The van der Waals surface area contributed by atoms with Crippen LogP contribution in [-0.4, -0.2) is 20.9 Å². The second-order valence-electron chi connectivity index (χ2n) is 6.44. The van der Waals surface area contributed by atoms with Crippen LogP contribution in [0.3, 0.4) is 0 Å². The number of nitrogens with zero attached hydrogens (tertiary/aromatic N) is 1. The number of sulfonamides is 1. The Morgan fingerprint density at radius 3 is 2.61 bits per heavy atom. The predicted molar refractivity (Wildman–Crippen MR) is 110 cm³/mol. The number of furan rings is 1. The topological polar surface area (TPSA) is 79.6 Å². The van der Waals surface area contributed by atoms with Crippen LogP contribution < -0.4 is 9.62 Å². The molecule has 144 valence electrons. The van der Waals surface area contributed by atoms with Gasteiger partial charge in [0.15, 0.2) is 5.76 Å². The molecule has 2 aromatic carbocycles. The molecule has 0 atom stereocenters. The van der Waals surface area contributed by atoms with Crippen molar-refractivity contribution in [2.75, 3.05) is 16.2 Å². The zero-order valence-corrected chi connectivity index (χ0v) is 17.2. The molecule has 1 aliphatic heterocycles. The first-order valence-corrected chi connectivity index (χ1v) is 11.0. The van der Waals surface area contributed by atoms with Crippen LogP contribution in [0.15, 0.2) is 74.6 Å². The zero-order valence-electron chi connectivity index (χ0n) is 14.8. The molecule has 0 saturated heterocycles. The third-order valence-corrected chi connectivity index (χ3v) is 6.48. The Labute approximate surface area is 171 Å². The summed E-state index contributed by atoms with van der Waals surface area (Å²) in [5.74, 6) is 0.0209. The normalized spacial score (nSPS) is 13.8. The van der Waals surface area contributed by atoms with Crippen molar-refractivity contribution < 1.29 is 17.6 Å². The van der Waals surface area contributed by atoms with Gasteiger partial charge in [0, 0.05) is 16.7 Å². The van der Waals surface area contributed by atoms with Crippen molar-refractivity contribution in [3.05, 3.63) is 76.7 Å². The molecule has 0 aliphatic carbocycles. The lowest BCUT2D eigenvalue weighted by molar-refractivity contribution is 0.0958. The van der Waals surface area contributed by atoms with Gasteiger partial charge in [-0.1, -0.05) is 22.0 Å². The maximum absolute atomic E-state index is 12.8. The Kier molecular flexibility index (Phi) is 4.99. The first kappa shape index (κ1) is 18.8. The summed E-state index contributed by atoms with van der Waals surface area (Å²) in [6.07, 6.45) is 3.13. The minimum atomic E-state index is -3.73. The van der Waals surface area contributed by atoms with Crippen LogP contribution in [0.1, 0.15) is 22.5 Å². The number of hydrogen-bond donors (Lipinski definition) is 1. The monoisotopic (exact) mass is 460 g/mol. The molecule has 4 rings (SSSR count). The molecule has 0 bridgehead atoms. The standard InChI is InChI=1S/C20H17BrN2O4S/c21-15-6-9-17(10-7-15)28(25,26)22-16-8-5-14-3-1-11-23(18(14)13-16)20(24)19-4-2-12-27-19/h2,4-10,12-13,22H,1,3,11H2. The molecule has 2 heterocycles. The summed E-state index contributed by atoms with van der Waals surface area (Å²) >= 11 is 3.30. The molecular formula is C20H17BrN2O4S. The number of aryl methyl sites for hydroxylation is 1. The van der Waals surface area contributed by atoms with E-state index in [1.54, 1.807) is 41.3 Å². The lowest BCUT2D eigenvalue weighted by atomic mass is 10.0. The van der Waals surface area contributed by atoms with Gasteiger partial charge < -0.3 is 9.32 Å². The molecule has 3 aromatic rings. The molecule has 0 saturated carbocycles. The molecule has 0 unspecified atom stereocenters. The van der Waals surface area contributed by atoms with E-state index >= 15 is 0 Å². The Morgan fingerprint density at radius 1 is 1.11 bits per heavy atom. The van der Waals surface area contributed by atoms with E-state index in [0.29, 0.717) is 17.9 Å². The molecule has 1 aliphatic rings. The number of rotatable bonds is 4. The number of anilines is 2. The van der Waals surface area contributed by atoms with Gasteiger partial charge >= 0.3 is 0 Å². The maximum atomic E-state index is 12.8. The molecule has 8 heteroatoms. The fourth-order valence-electron chi connectivity index (χ4n) is 3.21. The Morgan fingerprint density at radius 2 is 1.89 bits per heavy atom. The van der Waals surface area contributed by atoms with Crippen molar-refractivity contribution in [2.24, 2.45) is 0 Å². The van der Waals surface area contributed by atoms with E-state index in [9.17, 15) is 13.2 Å². The van der Waals surface area contributed by atoms with Gasteiger partial charge in [0.05, 0.1) is 16.8 Å². The average molecular weight is 461 g/mol. The van der Waals surface area contributed by atoms with E-state index in [-0.39, 0.29) is 16.6 Å². The van der Waals surface area contributed by atoms with Crippen molar-refractivity contribution in [3.63, 3.8) is 0 Å². The highest BCUT2D eigenvalue weighted by Gasteiger charge is 2.26. The van der Waals surface area contributed by atoms with Crippen LogP contribution in [-0.2, 0) is 16.4 Å². The van der Waals surface area contributed by atoms with Crippen LogP contribution in [0, 0.1) is 0 Å². The lowest BCUT2D eigenvalue weighted by Crippen LogP contribution is -2.35. The molecule has 28 heavy (non-hydrogen) atoms. The van der Waals surface area contributed by atoms with Gasteiger partial charge in [-0.2, -0.15) is 0 Å². The SMILES string of the molecule is O=C(c1ccco1)N1CCCc2ccc(NS(=O)(=O)c3ccc(Br)cc3)cc21. The van der Waals surface area contributed by atoms with Crippen LogP contribution in [0.5, 0.6) is 0 Å². The second kappa shape index (κ2) is 7.44. The molecule has 0 radical (unpaired) electrons. The largest absolute Gasteiger partial charge is 0.459 e. The highest BCUT2D eigenvalue weighted by atomic mass is 79.9. The van der Waals surface area contributed by atoms with Gasteiger partial charge in [0.1, 0.15) is 0 Å². The van der Waals surface area contributed by atoms with Crippen molar-refractivity contribution >= 4 is 43.2 Å². The fraction of sp³-hybridized carbons (Fsp3) is 0.150. The summed E-state index contributed by atoms with van der Waals surface area (Å²) in [6.45, 7) is 0.551. The van der Waals surface area contributed by atoms with Gasteiger partial charge in [-0.05, 0) is 66.9 Å². The highest BCUT2D eigenvalue weighted by Crippen LogP contribution is 2.32. The van der Waals surface area contributed by atoms with Crippen LogP contribution in [0.25, 0.3) is 0 Å². The number of fused-ring (bicyclic) bond motifs is 1. The van der Waals surface area contributed by atoms with Gasteiger partial charge in [-0.15, -0.1) is 0 Å². The van der Waals surface area contributed by atoms with Crippen LogP contribution in [0.2, 0.25) is 0 Å². The number of carbonyl (C=O) groups excluding carboxylic acids is 1. The van der Waals surface area contributed by atoms with Crippen LogP contribution in [0.4, 0.5) is 11.4 Å². The Balaban J connectivity index is 1.65. The number of carbonyl (C=O) groups is 1. The quantitative estimate of drug-likeness (QED) is 0.623. The Hall–Kier alpha value is -2.58.